The average molecular weight is 602 g/mol. The molecule has 1 aliphatic carbocycles. The van der Waals surface area contributed by atoms with Gasteiger partial charge in [0.15, 0.2) is 11.3 Å². The number of pyridine rings is 1. The molecule has 42 heavy (non-hydrogen) atoms. The van der Waals surface area contributed by atoms with Crippen molar-refractivity contribution in [1.29, 1.82) is 0 Å². The fourth-order valence-electron chi connectivity index (χ4n) is 6.30. The second kappa shape index (κ2) is 10.1. The predicted octanol–water partition coefficient (Wildman–Crippen LogP) is 5.34. The van der Waals surface area contributed by atoms with Gasteiger partial charge in [-0.2, -0.15) is 13.9 Å². The predicted molar refractivity (Wildman–Crippen MR) is 144 cm³/mol. The largest absolute Gasteiger partial charge is 0.435 e. The van der Waals surface area contributed by atoms with Crippen molar-refractivity contribution in [1.82, 2.24) is 24.5 Å². The van der Waals surface area contributed by atoms with E-state index >= 15 is 4.39 Å². The molecule has 0 radical (unpaired) electrons. The van der Waals surface area contributed by atoms with E-state index in [-0.39, 0.29) is 43.3 Å². The van der Waals surface area contributed by atoms with Crippen LogP contribution >= 0.6 is 7.60 Å². The summed E-state index contributed by atoms with van der Waals surface area (Å²) in [5.74, 6) is -1.04. The molecule has 0 N–H and O–H groups in total. The molecular formula is C28H27F3N5O5P. The van der Waals surface area contributed by atoms with Crippen LogP contribution in [0, 0.1) is 5.82 Å². The van der Waals surface area contributed by atoms with E-state index in [1.807, 2.05) is 13.1 Å². The first kappa shape index (κ1) is 27.5. The average Bonchev–Trinajstić information content (AvgIpc) is 3.53. The van der Waals surface area contributed by atoms with E-state index in [0.717, 1.165) is 16.8 Å². The van der Waals surface area contributed by atoms with Crippen LogP contribution in [-0.4, -0.2) is 57.6 Å². The van der Waals surface area contributed by atoms with Crippen LogP contribution in [0.3, 0.4) is 0 Å². The van der Waals surface area contributed by atoms with E-state index in [0.29, 0.717) is 28.8 Å². The highest BCUT2D eigenvalue weighted by Crippen LogP contribution is 2.58. The highest BCUT2D eigenvalue weighted by molar-refractivity contribution is 7.61. The van der Waals surface area contributed by atoms with Crippen molar-refractivity contribution in [2.45, 2.75) is 51.2 Å². The number of alkyl halides is 2. The molecule has 3 aromatic heterocycles. The fourth-order valence-corrected chi connectivity index (χ4v) is 7.82. The number of rotatable bonds is 8. The molecule has 0 saturated carbocycles. The second-order valence-corrected chi connectivity index (χ2v) is 12.3. The lowest BCUT2D eigenvalue weighted by Gasteiger charge is -2.27. The van der Waals surface area contributed by atoms with Crippen molar-refractivity contribution in [3.63, 3.8) is 0 Å². The molecule has 2 bridgehead atoms. The minimum Gasteiger partial charge on any atom is -0.435 e. The molecule has 4 atom stereocenters. The first-order chi connectivity index (χ1) is 20.2. The first-order valence-electron chi connectivity index (χ1n) is 13.6. The van der Waals surface area contributed by atoms with Crippen LogP contribution in [0.1, 0.15) is 60.7 Å². The van der Waals surface area contributed by atoms with Crippen molar-refractivity contribution >= 4 is 18.5 Å². The molecular weight excluding hydrogens is 574 g/mol. The lowest BCUT2D eigenvalue weighted by molar-refractivity contribution is -0.0506. The van der Waals surface area contributed by atoms with Crippen LogP contribution in [0.25, 0.3) is 16.8 Å². The van der Waals surface area contributed by atoms with Gasteiger partial charge in [-0.3, -0.25) is 9.46 Å². The Kier molecular flexibility index (Phi) is 6.63. The molecule has 7 rings (SSSR count). The molecule has 0 amide bonds. The maximum atomic E-state index is 15.3. The van der Waals surface area contributed by atoms with E-state index in [4.69, 9.17) is 23.6 Å². The SMILES string of the molecule is CCOP(=O)(OCC)c1ncc(-c2cc3c4c(nn3cn2)C2CC4c3c(OC(F)F)cccc3C3OC3N2C)cc1F. The van der Waals surface area contributed by atoms with Crippen LogP contribution in [-0.2, 0) is 18.3 Å². The van der Waals surface area contributed by atoms with E-state index in [2.05, 4.69) is 14.9 Å². The Morgan fingerprint density at radius 2 is 1.93 bits per heavy atom. The molecule has 5 heterocycles. The van der Waals surface area contributed by atoms with Gasteiger partial charge in [-0.15, -0.1) is 0 Å². The van der Waals surface area contributed by atoms with E-state index in [9.17, 15) is 13.3 Å². The highest BCUT2D eigenvalue weighted by atomic mass is 31.2. The zero-order chi connectivity index (χ0) is 29.3. The quantitative estimate of drug-likeness (QED) is 0.196. The van der Waals surface area contributed by atoms with Crippen molar-refractivity contribution in [2.75, 3.05) is 20.3 Å². The van der Waals surface area contributed by atoms with Crippen molar-refractivity contribution in [2.24, 2.45) is 0 Å². The van der Waals surface area contributed by atoms with E-state index in [1.165, 1.54) is 18.6 Å². The summed E-state index contributed by atoms with van der Waals surface area (Å²) in [6, 6.07) is 7.98. The van der Waals surface area contributed by atoms with Crippen molar-refractivity contribution in [3.05, 3.63) is 71.1 Å². The number of aromatic nitrogens is 4. The molecule has 14 heteroatoms. The van der Waals surface area contributed by atoms with Crippen LogP contribution in [0.2, 0.25) is 0 Å². The Bertz CT molecular complexity index is 1740. The van der Waals surface area contributed by atoms with Crippen LogP contribution < -0.4 is 10.2 Å². The number of hydrogen-bond donors (Lipinski definition) is 0. The minimum atomic E-state index is -3.94. The number of epoxide rings is 1. The normalized spacial score (nSPS) is 22.9. The Morgan fingerprint density at radius 3 is 2.64 bits per heavy atom. The summed E-state index contributed by atoms with van der Waals surface area (Å²) >= 11 is 0. The molecule has 1 saturated heterocycles. The molecule has 0 spiro atoms. The summed E-state index contributed by atoms with van der Waals surface area (Å²) in [7, 11) is -1.96. The summed E-state index contributed by atoms with van der Waals surface area (Å²) in [5, 5.41) is 4.83. The zero-order valence-electron chi connectivity index (χ0n) is 22.9. The Balaban J connectivity index is 1.35. The maximum absolute atomic E-state index is 15.3. The standard InChI is InChI=1S/C28H27F3N5O5P/c1-4-38-42(37,39-5-2)26-17(29)9-14(12-32-26)18-11-19-23-16-10-20(24(23)34-36(19)13-33-18)35(3)27-25(41-27)15-7-6-8-21(22(15)16)40-28(30)31/h6-9,11-13,16,20,25,27-28H,4-5,10H2,1-3H3. The third-order valence-corrected chi connectivity index (χ3v) is 10.1. The van der Waals surface area contributed by atoms with Crippen LogP contribution in [0.4, 0.5) is 13.2 Å². The maximum Gasteiger partial charge on any atom is 0.387 e. The van der Waals surface area contributed by atoms with Gasteiger partial charge in [0.1, 0.15) is 24.4 Å². The molecule has 4 unspecified atom stereocenters. The lowest BCUT2D eigenvalue weighted by Crippen LogP contribution is -2.28. The van der Waals surface area contributed by atoms with Crippen LogP contribution in [0.15, 0.2) is 42.9 Å². The smallest absolute Gasteiger partial charge is 0.387 e. The number of nitrogens with zero attached hydrogens (tertiary/aromatic N) is 5. The Morgan fingerprint density at radius 1 is 1.14 bits per heavy atom. The van der Waals surface area contributed by atoms with Gasteiger partial charge in [0.2, 0.25) is 0 Å². The molecule has 1 aromatic carbocycles. The second-order valence-electron chi connectivity index (χ2n) is 10.3. The van der Waals surface area contributed by atoms with E-state index in [1.54, 1.807) is 36.6 Å². The van der Waals surface area contributed by atoms with Gasteiger partial charge in [-0.1, -0.05) is 12.1 Å². The van der Waals surface area contributed by atoms with E-state index < -0.39 is 25.5 Å². The lowest BCUT2D eigenvalue weighted by atomic mass is 9.86. The summed E-state index contributed by atoms with van der Waals surface area (Å²) in [6.07, 6.45) is 3.03. The summed E-state index contributed by atoms with van der Waals surface area (Å²) in [5.41, 5.74) is 4.19. The van der Waals surface area contributed by atoms with Crippen molar-refractivity contribution in [3.8, 4) is 17.0 Å². The zero-order valence-corrected chi connectivity index (χ0v) is 23.8. The monoisotopic (exact) mass is 601 g/mol. The molecule has 220 valence electrons. The van der Waals surface area contributed by atoms with Gasteiger partial charge >= 0.3 is 14.2 Å². The fraction of sp³-hybridized carbons (Fsp3) is 0.393. The number of fused-ring (bicyclic) bond motifs is 11. The van der Waals surface area contributed by atoms with Gasteiger partial charge in [0.05, 0.1) is 36.2 Å². The van der Waals surface area contributed by atoms with Gasteiger partial charge in [0.25, 0.3) is 0 Å². The topological polar surface area (TPSA) is 104 Å². The van der Waals surface area contributed by atoms with Gasteiger partial charge in [-0.05, 0) is 51.1 Å². The van der Waals surface area contributed by atoms with Crippen molar-refractivity contribution < 1.29 is 36.3 Å². The number of ether oxygens (including phenoxy) is 2. The summed E-state index contributed by atoms with van der Waals surface area (Å²) in [4.78, 5) is 10.7. The summed E-state index contributed by atoms with van der Waals surface area (Å²) in [6.45, 7) is 0.401. The molecule has 4 aromatic rings. The summed E-state index contributed by atoms with van der Waals surface area (Å²) < 4.78 is 78.5. The molecule has 1 fully saturated rings. The molecule has 3 aliphatic rings. The Hall–Kier alpha value is -3.35. The number of halogens is 3. The number of benzene rings is 1. The first-order valence-corrected chi connectivity index (χ1v) is 15.2. The van der Waals surface area contributed by atoms with Gasteiger partial charge < -0.3 is 18.5 Å². The van der Waals surface area contributed by atoms with Gasteiger partial charge in [0, 0.05) is 28.8 Å². The Labute approximate surface area is 238 Å². The third kappa shape index (κ3) is 4.25. The highest BCUT2D eigenvalue weighted by Gasteiger charge is 2.54. The van der Waals surface area contributed by atoms with Gasteiger partial charge in [-0.25, -0.2) is 18.9 Å². The molecule has 2 aliphatic heterocycles. The van der Waals surface area contributed by atoms with Crippen LogP contribution in [0.5, 0.6) is 5.75 Å². The third-order valence-electron chi connectivity index (χ3n) is 8.02. The minimum absolute atomic E-state index is 0.0584. The molecule has 10 nitrogen and oxygen atoms in total. The number of likely N-dealkylation sites (N-methyl/N-ethyl adjacent to an activating group) is 1. The number of hydrogen-bond acceptors (Lipinski definition) is 9.